The van der Waals surface area contributed by atoms with Crippen molar-refractivity contribution in [1.82, 2.24) is 25.7 Å². The summed E-state index contributed by atoms with van der Waals surface area (Å²) in [7, 11) is 0. The Bertz CT molecular complexity index is 962. The first kappa shape index (κ1) is 17.6. The van der Waals surface area contributed by atoms with Gasteiger partial charge in [-0.05, 0) is 68.1 Å². The Morgan fingerprint density at radius 3 is 2.61 bits per heavy atom. The van der Waals surface area contributed by atoms with Crippen molar-refractivity contribution in [2.45, 2.75) is 37.6 Å². The van der Waals surface area contributed by atoms with Crippen LogP contribution in [-0.4, -0.2) is 33.2 Å². The number of aryl methyl sites for hydroxylation is 1. The van der Waals surface area contributed by atoms with Gasteiger partial charge < -0.3 is 15.5 Å². The molecule has 0 amide bonds. The van der Waals surface area contributed by atoms with Crippen molar-refractivity contribution >= 4 is 0 Å². The number of nitrogens with one attached hydrogen (secondary N) is 3. The Balaban J connectivity index is 1.59. The average Bonchev–Trinajstić information content (AvgIpc) is 3.39. The Kier molecular flexibility index (Phi) is 4.68. The maximum atomic E-state index is 9.36. The van der Waals surface area contributed by atoms with Crippen LogP contribution in [0.25, 0.3) is 22.5 Å². The van der Waals surface area contributed by atoms with Crippen LogP contribution in [-0.2, 0) is 6.42 Å². The minimum Gasteiger partial charge on any atom is -0.341 e. The maximum Gasteiger partial charge on any atom is 0.110 e. The molecular weight excluding hydrogens is 350 g/mol. The molecule has 4 N–H and O–H groups in total. The van der Waals surface area contributed by atoms with Gasteiger partial charge >= 0.3 is 0 Å². The predicted octanol–water partition coefficient (Wildman–Crippen LogP) is 3.57. The number of piperidine rings is 1. The molecule has 6 heteroatoms. The summed E-state index contributed by atoms with van der Waals surface area (Å²) in [5.74, 6) is 1.55. The molecule has 1 unspecified atom stereocenters. The second-order valence-electron chi connectivity index (χ2n) is 7.74. The summed E-state index contributed by atoms with van der Waals surface area (Å²) in [4.78, 5) is 12.9. The summed E-state index contributed by atoms with van der Waals surface area (Å²) in [5.41, 5.74) is 9.20. The fraction of sp³-hybridized carbons (Fsp3) is 0.364. The standard InChI is InChI=1S/C22H25N5O/c28-27-19-4-2-16-13-17(1-3-18(16)19)21-20(14-5-9-23-10-6-14)25-22(26-21)15-7-11-24-12-8-15/h1,3,5-6,9-10,13,15,19,24,27-28H,2,4,7-8,11-12H2,(H,25,26). The molecule has 28 heavy (non-hydrogen) atoms. The van der Waals surface area contributed by atoms with Gasteiger partial charge in [0.2, 0.25) is 0 Å². The van der Waals surface area contributed by atoms with E-state index in [9.17, 15) is 5.21 Å². The average molecular weight is 375 g/mol. The number of nitrogens with zero attached hydrogens (tertiary/aromatic N) is 2. The highest BCUT2D eigenvalue weighted by atomic mass is 16.5. The van der Waals surface area contributed by atoms with Crippen LogP contribution in [0.3, 0.4) is 0 Å². The third-order valence-corrected chi connectivity index (χ3v) is 6.07. The van der Waals surface area contributed by atoms with Gasteiger partial charge in [0, 0.05) is 29.4 Å². The molecule has 3 heterocycles. The van der Waals surface area contributed by atoms with Gasteiger partial charge in [0.15, 0.2) is 0 Å². The molecule has 1 atom stereocenters. The van der Waals surface area contributed by atoms with Crippen LogP contribution in [0.15, 0.2) is 42.7 Å². The zero-order valence-electron chi connectivity index (χ0n) is 15.8. The molecule has 0 spiro atoms. The van der Waals surface area contributed by atoms with Gasteiger partial charge in [0.1, 0.15) is 5.82 Å². The third-order valence-electron chi connectivity index (χ3n) is 6.07. The summed E-state index contributed by atoms with van der Waals surface area (Å²) in [5, 5.41) is 12.8. The minimum absolute atomic E-state index is 0.0354. The second-order valence-corrected chi connectivity index (χ2v) is 7.74. The second kappa shape index (κ2) is 7.47. The lowest BCUT2D eigenvalue weighted by Crippen LogP contribution is -2.27. The van der Waals surface area contributed by atoms with Gasteiger partial charge in [-0.1, -0.05) is 12.1 Å². The number of fused-ring (bicyclic) bond motifs is 1. The van der Waals surface area contributed by atoms with Crippen molar-refractivity contribution in [2.24, 2.45) is 0 Å². The summed E-state index contributed by atoms with van der Waals surface area (Å²) < 4.78 is 0. The monoisotopic (exact) mass is 375 g/mol. The van der Waals surface area contributed by atoms with Crippen LogP contribution in [0.5, 0.6) is 0 Å². The van der Waals surface area contributed by atoms with Crippen molar-refractivity contribution in [2.75, 3.05) is 13.1 Å². The summed E-state index contributed by atoms with van der Waals surface area (Å²) in [6.45, 7) is 2.08. The van der Waals surface area contributed by atoms with E-state index in [2.05, 4.69) is 39.0 Å². The van der Waals surface area contributed by atoms with Gasteiger partial charge in [-0.25, -0.2) is 4.98 Å². The van der Waals surface area contributed by atoms with Crippen molar-refractivity contribution in [3.05, 3.63) is 59.7 Å². The van der Waals surface area contributed by atoms with Gasteiger partial charge in [-0.3, -0.25) is 4.98 Å². The lowest BCUT2D eigenvalue weighted by molar-refractivity contribution is 0.126. The number of aromatic amines is 1. The highest BCUT2D eigenvalue weighted by Crippen LogP contribution is 2.37. The summed E-state index contributed by atoms with van der Waals surface area (Å²) in [6, 6.07) is 10.6. The Morgan fingerprint density at radius 2 is 1.82 bits per heavy atom. The lowest BCUT2D eigenvalue weighted by Gasteiger charge is -2.20. The molecular formula is C22H25N5O. The SMILES string of the molecule is ONC1CCc2cc(-c3nc(C4CCNCC4)[nH]c3-c3ccncc3)ccc21. The molecule has 0 radical (unpaired) electrons. The van der Waals surface area contributed by atoms with Crippen molar-refractivity contribution in [1.29, 1.82) is 0 Å². The normalized spacial score (nSPS) is 19.7. The molecule has 3 aromatic rings. The molecule has 1 aromatic carbocycles. The van der Waals surface area contributed by atoms with E-state index < -0.39 is 0 Å². The highest BCUT2D eigenvalue weighted by molar-refractivity contribution is 5.79. The number of imidazole rings is 1. The molecule has 1 aliphatic carbocycles. The van der Waals surface area contributed by atoms with E-state index in [4.69, 9.17) is 4.98 Å². The molecule has 6 nitrogen and oxygen atoms in total. The lowest BCUT2D eigenvalue weighted by atomic mass is 9.97. The van der Waals surface area contributed by atoms with E-state index in [1.807, 2.05) is 24.5 Å². The maximum absolute atomic E-state index is 9.36. The Morgan fingerprint density at radius 1 is 1.00 bits per heavy atom. The van der Waals surface area contributed by atoms with Crippen LogP contribution in [0.1, 0.15) is 48.2 Å². The van der Waals surface area contributed by atoms with Crippen molar-refractivity contribution in [3.63, 3.8) is 0 Å². The Hall–Kier alpha value is -2.54. The van der Waals surface area contributed by atoms with Crippen LogP contribution in [0, 0.1) is 0 Å². The number of hydroxylamine groups is 1. The van der Waals surface area contributed by atoms with Crippen LogP contribution < -0.4 is 10.8 Å². The first-order valence-corrected chi connectivity index (χ1v) is 10.1. The molecule has 0 saturated carbocycles. The molecule has 2 aromatic heterocycles. The number of hydrogen-bond donors (Lipinski definition) is 4. The number of hydrogen-bond acceptors (Lipinski definition) is 5. The minimum atomic E-state index is 0.0354. The first-order chi connectivity index (χ1) is 13.8. The van der Waals surface area contributed by atoms with Gasteiger partial charge in [-0.15, -0.1) is 0 Å². The largest absolute Gasteiger partial charge is 0.341 e. The molecule has 1 saturated heterocycles. The molecule has 1 fully saturated rings. The van der Waals surface area contributed by atoms with E-state index in [-0.39, 0.29) is 6.04 Å². The predicted molar refractivity (Wildman–Crippen MR) is 108 cm³/mol. The zero-order valence-corrected chi connectivity index (χ0v) is 15.8. The molecule has 0 bridgehead atoms. The summed E-state index contributed by atoms with van der Waals surface area (Å²) in [6.07, 6.45) is 7.76. The third kappa shape index (κ3) is 3.13. The van der Waals surface area contributed by atoms with E-state index in [0.29, 0.717) is 5.92 Å². The molecule has 5 rings (SSSR count). The fourth-order valence-electron chi connectivity index (χ4n) is 4.52. The molecule has 144 valence electrons. The molecule has 1 aliphatic heterocycles. The van der Waals surface area contributed by atoms with Crippen LogP contribution >= 0.6 is 0 Å². The highest BCUT2D eigenvalue weighted by Gasteiger charge is 2.25. The quantitative estimate of drug-likeness (QED) is 0.524. The first-order valence-electron chi connectivity index (χ1n) is 10.1. The topological polar surface area (TPSA) is 85.9 Å². The number of rotatable bonds is 4. The zero-order chi connectivity index (χ0) is 18.9. The number of aromatic nitrogens is 3. The van der Waals surface area contributed by atoms with Gasteiger partial charge in [0.05, 0.1) is 17.4 Å². The number of pyridine rings is 1. The van der Waals surface area contributed by atoms with Gasteiger partial charge in [-0.2, -0.15) is 5.48 Å². The van der Waals surface area contributed by atoms with E-state index in [0.717, 1.165) is 67.1 Å². The van der Waals surface area contributed by atoms with E-state index >= 15 is 0 Å². The molecule has 2 aliphatic rings. The smallest absolute Gasteiger partial charge is 0.110 e. The van der Waals surface area contributed by atoms with Crippen LogP contribution in [0.4, 0.5) is 0 Å². The Labute approximate surface area is 164 Å². The van der Waals surface area contributed by atoms with Crippen molar-refractivity contribution in [3.8, 4) is 22.5 Å². The van der Waals surface area contributed by atoms with Gasteiger partial charge in [0.25, 0.3) is 0 Å². The fourth-order valence-corrected chi connectivity index (χ4v) is 4.52. The van der Waals surface area contributed by atoms with E-state index in [1.54, 1.807) is 0 Å². The summed E-state index contributed by atoms with van der Waals surface area (Å²) >= 11 is 0. The number of benzene rings is 1. The number of H-pyrrole nitrogens is 1. The van der Waals surface area contributed by atoms with Crippen molar-refractivity contribution < 1.29 is 5.21 Å². The van der Waals surface area contributed by atoms with Crippen LogP contribution in [0.2, 0.25) is 0 Å². The van der Waals surface area contributed by atoms with E-state index in [1.165, 1.54) is 11.1 Å².